The van der Waals surface area contributed by atoms with E-state index >= 15 is 0 Å². The van der Waals surface area contributed by atoms with E-state index in [9.17, 15) is 18.0 Å². The predicted octanol–water partition coefficient (Wildman–Crippen LogP) is 5.29. The van der Waals surface area contributed by atoms with Crippen molar-refractivity contribution in [3.63, 3.8) is 0 Å². The molecule has 1 fully saturated rings. The maximum atomic E-state index is 13.5. The Balaban J connectivity index is 1.87. The number of nitrogens with zero attached hydrogens (tertiary/aromatic N) is 2. The van der Waals surface area contributed by atoms with E-state index in [0.717, 1.165) is 6.07 Å². The number of benzene rings is 1. The average Bonchev–Trinajstić information content (AvgIpc) is 2.88. The quantitative estimate of drug-likeness (QED) is 0.661. The summed E-state index contributed by atoms with van der Waals surface area (Å²) in [6.45, 7) is 6.19. The Morgan fingerprint density at radius 1 is 1.22 bits per heavy atom. The summed E-state index contributed by atoms with van der Waals surface area (Å²) in [4.78, 5) is 16.7. The first-order valence-corrected chi connectivity index (χ1v) is 9.16. The van der Waals surface area contributed by atoms with Crippen molar-refractivity contribution in [1.29, 1.82) is 0 Å². The summed E-state index contributed by atoms with van der Waals surface area (Å²) in [6.07, 6.45) is -3.86. The summed E-state index contributed by atoms with van der Waals surface area (Å²) in [6, 6.07) is 3.81. The molecule has 0 spiro atoms. The van der Waals surface area contributed by atoms with Gasteiger partial charge in [-0.1, -0.05) is 6.07 Å². The molecule has 0 radical (unpaired) electrons. The molecule has 1 amide bonds. The smallest absolute Gasteiger partial charge is 0.418 e. The Kier molecular flexibility index (Phi) is 5.00. The van der Waals surface area contributed by atoms with E-state index in [2.05, 4.69) is 4.98 Å². The molecule has 0 bridgehead atoms. The molecule has 3 rings (SSSR count). The normalized spacial score (nSPS) is 16.7. The molecule has 9 heteroatoms. The van der Waals surface area contributed by atoms with Crippen molar-refractivity contribution >= 4 is 29.3 Å². The molecule has 0 saturated carbocycles. The van der Waals surface area contributed by atoms with E-state index in [1.807, 2.05) is 0 Å². The summed E-state index contributed by atoms with van der Waals surface area (Å²) in [7, 11) is 0. The number of fused-ring (bicyclic) bond motifs is 1. The van der Waals surface area contributed by atoms with Gasteiger partial charge in [-0.05, 0) is 58.0 Å². The fourth-order valence-electron chi connectivity index (χ4n) is 3.39. The van der Waals surface area contributed by atoms with Crippen molar-refractivity contribution in [2.24, 2.45) is 0 Å². The number of imidazole rings is 1. The molecule has 0 atom stereocenters. The van der Waals surface area contributed by atoms with Crippen molar-refractivity contribution in [3.05, 3.63) is 28.5 Å². The van der Waals surface area contributed by atoms with Gasteiger partial charge in [0.05, 0.1) is 16.6 Å². The third-order valence-electron chi connectivity index (χ3n) is 4.52. The Bertz CT molecular complexity index is 903. The van der Waals surface area contributed by atoms with Gasteiger partial charge < -0.3 is 19.2 Å². The van der Waals surface area contributed by atoms with Crippen LogP contribution in [0.15, 0.2) is 18.2 Å². The van der Waals surface area contributed by atoms with Crippen LogP contribution in [0, 0.1) is 4.77 Å². The summed E-state index contributed by atoms with van der Waals surface area (Å²) >= 11 is 5.30. The number of hydrogen-bond acceptors (Lipinski definition) is 3. The van der Waals surface area contributed by atoms with Crippen LogP contribution in [-0.4, -0.2) is 39.2 Å². The molecule has 1 aromatic heterocycles. The van der Waals surface area contributed by atoms with E-state index < -0.39 is 23.4 Å². The Morgan fingerprint density at radius 2 is 1.85 bits per heavy atom. The van der Waals surface area contributed by atoms with Gasteiger partial charge in [0.25, 0.3) is 0 Å². The van der Waals surface area contributed by atoms with Crippen LogP contribution < -0.4 is 0 Å². The van der Waals surface area contributed by atoms with Crippen LogP contribution in [0.3, 0.4) is 0 Å². The zero-order chi connectivity index (χ0) is 20.0. The van der Waals surface area contributed by atoms with Gasteiger partial charge in [-0.25, -0.2) is 4.79 Å². The summed E-state index contributed by atoms with van der Waals surface area (Å²) in [5.74, 6) is 0. The molecule has 0 aliphatic carbocycles. The number of hydrogen-bond donors (Lipinski definition) is 1. The zero-order valence-electron chi connectivity index (χ0n) is 15.4. The molecular weight excluding hydrogens is 379 g/mol. The zero-order valence-corrected chi connectivity index (χ0v) is 16.2. The minimum absolute atomic E-state index is 0.0747. The topological polar surface area (TPSA) is 50.3 Å². The number of piperidine rings is 1. The van der Waals surface area contributed by atoms with Gasteiger partial charge in [-0.15, -0.1) is 0 Å². The first-order chi connectivity index (χ1) is 12.5. The number of amides is 1. The number of carbonyl (C=O) groups excluding carboxylic acids is 1. The van der Waals surface area contributed by atoms with Gasteiger partial charge in [0.15, 0.2) is 4.77 Å². The third-order valence-corrected chi connectivity index (χ3v) is 4.82. The fraction of sp³-hybridized carbons (Fsp3) is 0.556. The number of likely N-dealkylation sites (tertiary alicyclic amines) is 1. The second-order valence-electron chi connectivity index (χ2n) is 7.70. The minimum Gasteiger partial charge on any atom is -0.444 e. The Labute approximate surface area is 160 Å². The highest BCUT2D eigenvalue weighted by atomic mass is 32.1. The van der Waals surface area contributed by atoms with Crippen molar-refractivity contribution in [3.8, 4) is 0 Å². The van der Waals surface area contributed by atoms with E-state index in [1.165, 1.54) is 6.07 Å². The predicted molar refractivity (Wildman–Crippen MR) is 98.2 cm³/mol. The van der Waals surface area contributed by atoms with Gasteiger partial charge in [0, 0.05) is 19.1 Å². The lowest BCUT2D eigenvalue weighted by atomic mass is 10.0. The van der Waals surface area contributed by atoms with E-state index in [4.69, 9.17) is 17.0 Å². The fourth-order valence-corrected chi connectivity index (χ4v) is 3.74. The maximum absolute atomic E-state index is 13.5. The highest BCUT2D eigenvalue weighted by Gasteiger charge is 2.36. The molecule has 1 N–H and O–H groups in total. The van der Waals surface area contributed by atoms with Gasteiger partial charge in [-0.2, -0.15) is 13.2 Å². The van der Waals surface area contributed by atoms with Crippen LogP contribution >= 0.6 is 12.2 Å². The second-order valence-corrected chi connectivity index (χ2v) is 8.08. The standard InChI is InChI=1S/C18H22F3N3O2S/c1-17(2,3)26-16(25)23-9-7-11(8-10-23)24-14-12(18(19,20)21)5-4-6-13(14)22-15(24)27/h4-6,11H,7-10H2,1-3H3,(H,22,27). The van der Waals surface area contributed by atoms with Crippen molar-refractivity contribution in [1.82, 2.24) is 14.5 Å². The van der Waals surface area contributed by atoms with Gasteiger partial charge in [-0.3, -0.25) is 0 Å². The molecule has 2 heterocycles. The number of para-hydroxylation sites is 1. The molecule has 27 heavy (non-hydrogen) atoms. The molecule has 5 nitrogen and oxygen atoms in total. The van der Waals surface area contributed by atoms with E-state index in [1.54, 1.807) is 36.3 Å². The van der Waals surface area contributed by atoms with Gasteiger partial charge in [0.1, 0.15) is 5.60 Å². The number of ether oxygens (including phenoxy) is 1. The van der Waals surface area contributed by atoms with Crippen LogP contribution in [0.1, 0.15) is 45.2 Å². The lowest BCUT2D eigenvalue weighted by Gasteiger charge is -2.34. The van der Waals surface area contributed by atoms with E-state index in [0.29, 0.717) is 31.4 Å². The monoisotopic (exact) mass is 401 g/mol. The summed E-state index contributed by atoms with van der Waals surface area (Å²) in [5, 5.41) is 0. The number of nitrogens with one attached hydrogen (secondary N) is 1. The molecule has 1 aliphatic heterocycles. The second kappa shape index (κ2) is 6.85. The van der Waals surface area contributed by atoms with Crippen LogP contribution in [-0.2, 0) is 10.9 Å². The Hall–Kier alpha value is -2.03. The number of rotatable bonds is 1. The number of aromatic amines is 1. The molecule has 1 saturated heterocycles. The van der Waals surface area contributed by atoms with Crippen LogP contribution in [0.25, 0.3) is 11.0 Å². The third kappa shape index (κ3) is 4.12. The van der Waals surface area contributed by atoms with Crippen molar-refractivity contribution in [2.75, 3.05) is 13.1 Å². The molecule has 148 valence electrons. The highest BCUT2D eigenvalue weighted by Crippen LogP contribution is 2.37. The number of alkyl halides is 3. The largest absolute Gasteiger partial charge is 0.444 e. The maximum Gasteiger partial charge on any atom is 0.418 e. The minimum atomic E-state index is -4.47. The SMILES string of the molecule is CC(C)(C)OC(=O)N1CCC(n2c(=S)[nH]c3cccc(C(F)(F)F)c32)CC1. The number of aromatic nitrogens is 2. The first-order valence-electron chi connectivity index (χ1n) is 8.76. The Morgan fingerprint density at radius 3 is 2.41 bits per heavy atom. The van der Waals surface area contributed by atoms with Gasteiger partial charge >= 0.3 is 12.3 Å². The van der Waals surface area contributed by atoms with Gasteiger partial charge in [0.2, 0.25) is 0 Å². The molecule has 2 aromatic rings. The van der Waals surface area contributed by atoms with Crippen molar-refractivity contribution in [2.45, 2.75) is 51.4 Å². The first kappa shape index (κ1) is 19.7. The molecular formula is C18H22F3N3O2S. The highest BCUT2D eigenvalue weighted by molar-refractivity contribution is 7.71. The number of carbonyl (C=O) groups is 1. The molecule has 1 aromatic carbocycles. The summed E-state index contributed by atoms with van der Waals surface area (Å²) < 4.78 is 47.6. The summed E-state index contributed by atoms with van der Waals surface area (Å²) in [5.41, 5.74) is -0.855. The van der Waals surface area contributed by atoms with Crippen LogP contribution in [0.4, 0.5) is 18.0 Å². The number of H-pyrrole nitrogens is 1. The van der Waals surface area contributed by atoms with Crippen LogP contribution in [0.5, 0.6) is 0 Å². The molecule has 0 unspecified atom stereocenters. The lowest BCUT2D eigenvalue weighted by Crippen LogP contribution is -2.42. The molecule has 1 aliphatic rings. The lowest BCUT2D eigenvalue weighted by molar-refractivity contribution is -0.136. The van der Waals surface area contributed by atoms with Crippen molar-refractivity contribution < 1.29 is 22.7 Å². The number of halogens is 3. The van der Waals surface area contributed by atoms with Crippen LogP contribution in [0.2, 0.25) is 0 Å². The van der Waals surface area contributed by atoms with E-state index in [-0.39, 0.29) is 16.3 Å². The average molecular weight is 401 g/mol.